The molecule has 0 amide bonds. The Morgan fingerprint density at radius 3 is 3.00 bits per heavy atom. The van der Waals surface area contributed by atoms with Crippen molar-refractivity contribution in [2.75, 3.05) is 17.2 Å². The molecule has 2 atom stereocenters. The van der Waals surface area contributed by atoms with E-state index in [0.717, 1.165) is 17.8 Å². The van der Waals surface area contributed by atoms with Gasteiger partial charge >= 0.3 is 0 Å². The fourth-order valence-electron chi connectivity index (χ4n) is 3.69. The third kappa shape index (κ3) is 1.52. The summed E-state index contributed by atoms with van der Waals surface area (Å²) in [5, 5.41) is 0.849. The molecule has 19 heavy (non-hydrogen) atoms. The van der Waals surface area contributed by atoms with Crippen LogP contribution in [0.4, 0.5) is 15.8 Å². The van der Waals surface area contributed by atoms with Crippen LogP contribution in [0.25, 0.3) is 10.9 Å². The SMILES string of the molecule is Nc1cc(F)c(N2CC3CCC2C3)c2ncccc12. The lowest BCUT2D eigenvalue weighted by atomic mass is 10.1. The highest BCUT2D eigenvalue weighted by Gasteiger charge is 2.39. The number of anilines is 2. The van der Waals surface area contributed by atoms with E-state index in [1.165, 1.54) is 25.3 Å². The molecular weight excluding hydrogens is 241 g/mol. The fraction of sp³-hybridized carbons (Fsp3) is 0.400. The minimum absolute atomic E-state index is 0.240. The van der Waals surface area contributed by atoms with E-state index in [4.69, 9.17) is 5.73 Å². The fourth-order valence-corrected chi connectivity index (χ4v) is 3.69. The number of hydrogen-bond acceptors (Lipinski definition) is 3. The highest BCUT2D eigenvalue weighted by molar-refractivity contribution is 5.99. The molecular formula is C15H16FN3. The van der Waals surface area contributed by atoms with Crippen LogP contribution in [0.3, 0.4) is 0 Å². The number of nitrogens with zero attached hydrogens (tertiary/aromatic N) is 2. The summed E-state index contributed by atoms with van der Waals surface area (Å²) in [5.74, 6) is 0.483. The molecule has 98 valence electrons. The van der Waals surface area contributed by atoms with Gasteiger partial charge in [0.15, 0.2) is 5.82 Å². The highest BCUT2D eigenvalue weighted by atomic mass is 19.1. The minimum Gasteiger partial charge on any atom is -0.398 e. The summed E-state index contributed by atoms with van der Waals surface area (Å²) < 4.78 is 14.4. The molecule has 0 radical (unpaired) electrons. The number of benzene rings is 1. The monoisotopic (exact) mass is 257 g/mol. The van der Waals surface area contributed by atoms with Gasteiger partial charge in [0, 0.05) is 29.9 Å². The Bertz CT molecular complexity index is 655. The average molecular weight is 257 g/mol. The molecule has 2 aliphatic rings. The summed E-state index contributed by atoms with van der Waals surface area (Å²) in [7, 11) is 0. The number of piperidine rings is 1. The van der Waals surface area contributed by atoms with Gasteiger partial charge in [0.2, 0.25) is 0 Å². The van der Waals surface area contributed by atoms with Crippen molar-refractivity contribution in [3.8, 4) is 0 Å². The van der Waals surface area contributed by atoms with Gasteiger partial charge in [0.05, 0.1) is 5.52 Å². The van der Waals surface area contributed by atoms with Crippen molar-refractivity contribution in [1.29, 1.82) is 0 Å². The first-order valence-corrected chi connectivity index (χ1v) is 6.83. The molecule has 2 bridgehead atoms. The molecule has 1 saturated heterocycles. The van der Waals surface area contributed by atoms with Gasteiger partial charge in [-0.1, -0.05) is 0 Å². The lowest BCUT2D eigenvalue weighted by molar-refractivity contribution is 0.542. The second-order valence-electron chi connectivity index (χ2n) is 5.68. The molecule has 1 aliphatic carbocycles. The van der Waals surface area contributed by atoms with E-state index in [-0.39, 0.29) is 5.82 Å². The van der Waals surface area contributed by atoms with Crippen molar-refractivity contribution in [2.24, 2.45) is 5.92 Å². The molecule has 1 saturated carbocycles. The molecule has 2 heterocycles. The molecule has 2 unspecified atom stereocenters. The van der Waals surface area contributed by atoms with E-state index in [1.807, 2.05) is 12.1 Å². The van der Waals surface area contributed by atoms with E-state index < -0.39 is 0 Å². The first-order chi connectivity index (χ1) is 9.24. The number of nitrogen functional groups attached to an aromatic ring is 1. The minimum atomic E-state index is -0.240. The average Bonchev–Trinajstić information content (AvgIpc) is 3.01. The zero-order chi connectivity index (χ0) is 13.0. The molecule has 1 aromatic heterocycles. The predicted molar refractivity (Wildman–Crippen MR) is 74.6 cm³/mol. The van der Waals surface area contributed by atoms with E-state index >= 15 is 0 Å². The molecule has 1 aromatic carbocycles. The molecule has 2 aromatic rings. The predicted octanol–water partition coefficient (Wildman–Crippen LogP) is 2.94. The number of halogens is 1. The number of hydrogen-bond donors (Lipinski definition) is 1. The van der Waals surface area contributed by atoms with E-state index in [9.17, 15) is 4.39 Å². The van der Waals surface area contributed by atoms with Gasteiger partial charge in [-0.25, -0.2) is 4.39 Å². The second kappa shape index (κ2) is 3.83. The van der Waals surface area contributed by atoms with Crippen LogP contribution in [0.5, 0.6) is 0 Å². The smallest absolute Gasteiger partial charge is 0.150 e. The quantitative estimate of drug-likeness (QED) is 0.799. The van der Waals surface area contributed by atoms with Crippen molar-refractivity contribution in [3.05, 3.63) is 30.2 Å². The molecule has 3 nitrogen and oxygen atoms in total. The maximum absolute atomic E-state index is 14.4. The van der Waals surface area contributed by atoms with Gasteiger partial charge in [-0.15, -0.1) is 0 Å². The van der Waals surface area contributed by atoms with E-state index in [1.54, 1.807) is 6.20 Å². The van der Waals surface area contributed by atoms with Crippen molar-refractivity contribution < 1.29 is 4.39 Å². The van der Waals surface area contributed by atoms with Gasteiger partial charge in [0.25, 0.3) is 0 Å². The summed E-state index contributed by atoms with van der Waals surface area (Å²) in [6.45, 7) is 0.956. The Labute approximate surface area is 111 Å². The first-order valence-electron chi connectivity index (χ1n) is 6.83. The highest BCUT2D eigenvalue weighted by Crippen LogP contribution is 2.43. The summed E-state index contributed by atoms with van der Waals surface area (Å²) >= 11 is 0. The molecule has 0 spiro atoms. The van der Waals surface area contributed by atoms with Crippen LogP contribution < -0.4 is 10.6 Å². The molecule has 2 fully saturated rings. The third-order valence-electron chi connectivity index (χ3n) is 4.55. The normalized spacial score (nSPS) is 25.4. The lowest BCUT2D eigenvalue weighted by Gasteiger charge is -2.30. The van der Waals surface area contributed by atoms with Gasteiger partial charge in [0.1, 0.15) is 5.69 Å². The number of pyridine rings is 1. The van der Waals surface area contributed by atoms with Crippen LogP contribution in [0.1, 0.15) is 19.3 Å². The molecule has 4 rings (SSSR count). The number of rotatable bonds is 1. The Kier molecular flexibility index (Phi) is 2.22. The van der Waals surface area contributed by atoms with Crippen molar-refractivity contribution in [3.63, 3.8) is 0 Å². The zero-order valence-electron chi connectivity index (χ0n) is 10.6. The largest absolute Gasteiger partial charge is 0.398 e. The maximum atomic E-state index is 14.4. The van der Waals surface area contributed by atoms with Crippen molar-refractivity contribution in [1.82, 2.24) is 4.98 Å². The molecule has 1 aliphatic heterocycles. The Morgan fingerprint density at radius 2 is 2.26 bits per heavy atom. The first kappa shape index (κ1) is 11.0. The second-order valence-corrected chi connectivity index (χ2v) is 5.68. The van der Waals surface area contributed by atoms with Gasteiger partial charge in [-0.3, -0.25) is 4.98 Å². The van der Waals surface area contributed by atoms with Gasteiger partial charge in [-0.2, -0.15) is 0 Å². The van der Waals surface area contributed by atoms with Crippen LogP contribution in [-0.4, -0.2) is 17.6 Å². The van der Waals surface area contributed by atoms with Crippen LogP contribution in [0.2, 0.25) is 0 Å². The van der Waals surface area contributed by atoms with Crippen LogP contribution in [0, 0.1) is 11.7 Å². The van der Waals surface area contributed by atoms with E-state index in [0.29, 0.717) is 22.9 Å². The van der Waals surface area contributed by atoms with Crippen molar-refractivity contribution in [2.45, 2.75) is 25.3 Å². The lowest BCUT2D eigenvalue weighted by Crippen LogP contribution is -2.32. The Balaban J connectivity index is 1.94. The molecule has 2 N–H and O–H groups in total. The topological polar surface area (TPSA) is 42.1 Å². The standard InChI is InChI=1S/C15H16FN3/c16-12-7-13(17)11-2-1-5-18-14(11)15(12)19-8-9-3-4-10(19)6-9/h1-2,5,7,9-10H,3-4,6,8,17H2. The number of fused-ring (bicyclic) bond motifs is 3. The van der Waals surface area contributed by atoms with Crippen LogP contribution >= 0.6 is 0 Å². The van der Waals surface area contributed by atoms with Crippen molar-refractivity contribution >= 4 is 22.3 Å². The summed E-state index contributed by atoms with van der Waals surface area (Å²) in [6, 6.07) is 5.67. The Hall–Kier alpha value is -1.84. The number of nitrogens with two attached hydrogens (primary N) is 1. The van der Waals surface area contributed by atoms with E-state index in [2.05, 4.69) is 9.88 Å². The summed E-state index contributed by atoms with van der Waals surface area (Å²) in [5.41, 5.74) is 7.72. The Morgan fingerprint density at radius 1 is 1.37 bits per heavy atom. The number of aromatic nitrogens is 1. The summed E-state index contributed by atoms with van der Waals surface area (Å²) in [6.07, 6.45) is 5.35. The summed E-state index contributed by atoms with van der Waals surface area (Å²) in [4.78, 5) is 6.58. The van der Waals surface area contributed by atoms with Crippen LogP contribution in [0.15, 0.2) is 24.4 Å². The third-order valence-corrected chi connectivity index (χ3v) is 4.55. The van der Waals surface area contributed by atoms with Gasteiger partial charge < -0.3 is 10.6 Å². The molecule has 4 heteroatoms. The van der Waals surface area contributed by atoms with Crippen LogP contribution in [-0.2, 0) is 0 Å². The van der Waals surface area contributed by atoms with Gasteiger partial charge in [-0.05, 0) is 43.4 Å². The maximum Gasteiger partial charge on any atom is 0.150 e. The zero-order valence-corrected chi connectivity index (χ0v) is 10.6.